The third-order valence-corrected chi connectivity index (χ3v) is 3.74. The first-order valence-corrected chi connectivity index (χ1v) is 7.69. The Hall–Kier alpha value is -2.55. The Morgan fingerprint density at radius 2 is 1.64 bits per heavy atom. The Morgan fingerprint density at radius 1 is 0.909 bits per heavy atom. The van der Waals surface area contributed by atoms with Crippen LogP contribution in [-0.2, 0) is 0 Å². The van der Waals surface area contributed by atoms with E-state index in [1.54, 1.807) is 0 Å². The molecule has 0 saturated heterocycles. The number of nitrogens with zero attached hydrogens (tertiary/aromatic N) is 2. The molecule has 0 fully saturated rings. The first kappa shape index (κ1) is 14.4. The first-order valence-electron chi connectivity index (χ1n) is 7.69. The van der Waals surface area contributed by atoms with E-state index in [1.807, 2.05) is 42.5 Å². The van der Waals surface area contributed by atoms with Gasteiger partial charge in [-0.3, -0.25) is 0 Å². The highest BCUT2D eigenvalue weighted by Crippen LogP contribution is 2.21. The van der Waals surface area contributed by atoms with Crippen LogP contribution in [-0.4, -0.2) is 13.1 Å². The van der Waals surface area contributed by atoms with Crippen molar-refractivity contribution in [3.05, 3.63) is 66.2 Å². The molecule has 2 aromatic carbocycles. The molecule has 0 aliphatic heterocycles. The van der Waals surface area contributed by atoms with Crippen LogP contribution < -0.4 is 10.5 Å². The minimum Gasteiger partial charge on any atom is -0.438 e. The molecule has 3 heteroatoms. The second-order valence-electron chi connectivity index (χ2n) is 5.12. The molecule has 0 radical (unpaired) electrons. The molecule has 0 N–H and O–H groups in total. The molecule has 3 rings (SSSR count). The van der Waals surface area contributed by atoms with Crippen molar-refractivity contribution in [1.82, 2.24) is 0 Å². The number of fused-ring (bicyclic) bond motifs is 1. The number of para-hydroxylation sites is 1. The van der Waals surface area contributed by atoms with E-state index in [-0.39, 0.29) is 0 Å². The largest absolute Gasteiger partial charge is 0.438 e. The Bertz CT molecular complexity index is 817. The number of benzene rings is 2. The highest BCUT2D eigenvalue weighted by Gasteiger charge is 2.04. The molecule has 0 amide bonds. The SMILES string of the molecule is CCN(CC)c1ccc2ccc(=Nc3ccccc3)oc2c1. The second-order valence-corrected chi connectivity index (χ2v) is 5.12. The first-order chi connectivity index (χ1) is 10.8. The van der Waals surface area contributed by atoms with E-state index in [0.29, 0.717) is 5.55 Å². The van der Waals surface area contributed by atoms with Gasteiger partial charge in [-0.2, -0.15) is 0 Å². The van der Waals surface area contributed by atoms with Gasteiger partial charge in [-0.15, -0.1) is 0 Å². The smallest absolute Gasteiger partial charge is 0.219 e. The van der Waals surface area contributed by atoms with Crippen molar-refractivity contribution in [3.63, 3.8) is 0 Å². The molecule has 1 aromatic heterocycles. The van der Waals surface area contributed by atoms with Gasteiger partial charge >= 0.3 is 0 Å². The summed E-state index contributed by atoms with van der Waals surface area (Å²) in [5.74, 6) is 0. The summed E-state index contributed by atoms with van der Waals surface area (Å²) in [5, 5.41) is 1.09. The molecule has 0 bridgehead atoms. The van der Waals surface area contributed by atoms with Crippen LogP contribution in [0.3, 0.4) is 0 Å². The van der Waals surface area contributed by atoms with Gasteiger partial charge in [-0.1, -0.05) is 18.2 Å². The summed E-state index contributed by atoms with van der Waals surface area (Å²) >= 11 is 0. The number of hydrogen-bond acceptors (Lipinski definition) is 3. The molecular formula is C19H20N2O. The monoisotopic (exact) mass is 292 g/mol. The van der Waals surface area contributed by atoms with Gasteiger partial charge < -0.3 is 9.32 Å². The highest BCUT2D eigenvalue weighted by molar-refractivity contribution is 5.80. The molecule has 0 atom stereocenters. The third-order valence-electron chi connectivity index (χ3n) is 3.74. The standard InChI is InChI=1S/C19H20N2O/c1-3-21(4-2)17-12-10-15-11-13-19(22-18(15)14-17)20-16-8-6-5-7-9-16/h5-14H,3-4H2,1-2H3. The van der Waals surface area contributed by atoms with Crippen LogP contribution in [0.1, 0.15) is 13.8 Å². The minimum atomic E-state index is 0.621. The van der Waals surface area contributed by atoms with Crippen LogP contribution in [0.2, 0.25) is 0 Å². The van der Waals surface area contributed by atoms with Crippen molar-refractivity contribution < 1.29 is 4.42 Å². The normalized spacial score (nSPS) is 11.8. The van der Waals surface area contributed by atoms with Gasteiger partial charge in [0.25, 0.3) is 0 Å². The maximum atomic E-state index is 5.95. The van der Waals surface area contributed by atoms with Crippen LogP contribution in [0, 0.1) is 0 Å². The Labute approximate surface area is 130 Å². The zero-order valence-corrected chi connectivity index (χ0v) is 13.0. The van der Waals surface area contributed by atoms with E-state index < -0.39 is 0 Å². The second kappa shape index (κ2) is 6.48. The van der Waals surface area contributed by atoms with Crippen molar-refractivity contribution in [3.8, 4) is 0 Å². The molecular weight excluding hydrogens is 272 g/mol. The van der Waals surface area contributed by atoms with Gasteiger partial charge in [0.2, 0.25) is 5.55 Å². The van der Waals surface area contributed by atoms with Crippen molar-refractivity contribution >= 4 is 22.3 Å². The lowest BCUT2D eigenvalue weighted by Crippen LogP contribution is -2.21. The van der Waals surface area contributed by atoms with E-state index >= 15 is 0 Å². The quantitative estimate of drug-likeness (QED) is 0.708. The minimum absolute atomic E-state index is 0.621. The molecule has 0 spiro atoms. The van der Waals surface area contributed by atoms with Crippen molar-refractivity contribution in [1.29, 1.82) is 0 Å². The van der Waals surface area contributed by atoms with Crippen LogP contribution in [0.5, 0.6) is 0 Å². The lowest BCUT2D eigenvalue weighted by Gasteiger charge is -2.20. The maximum Gasteiger partial charge on any atom is 0.219 e. The summed E-state index contributed by atoms with van der Waals surface area (Å²) in [4.78, 5) is 6.83. The predicted molar refractivity (Wildman–Crippen MR) is 91.4 cm³/mol. The molecule has 0 aliphatic rings. The van der Waals surface area contributed by atoms with E-state index in [9.17, 15) is 0 Å². The number of rotatable bonds is 4. The number of hydrogen-bond donors (Lipinski definition) is 0. The van der Waals surface area contributed by atoms with Gasteiger partial charge in [0.1, 0.15) is 5.58 Å². The molecule has 3 nitrogen and oxygen atoms in total. The van der Waals surface area contributed by atoms with Crippen LogP contribution in [0.4, 0.5) is 11.4 Å². The third kappa shape index (κ3) is 3.03. The summed E-state index contributed by atoms with van der Waals surface area (Å²) in [7, 11) is 0. The average molecular weight is 292 g/mol. The Kier molecular flexibility index (Phi) is 4.24. The van der Waals surface area contributed by atoms with E-state index in [1.165, 1.54) is 5.69 Å². The average Bonchev–Trinajstić information content (AvgIpc) is 2.56. The summed E-state index contributed by atoms with van der Waals surface area (Å²) in [6.45, 7) is 6.28. The Balaban J connectivity index is 2.06. The fourth-order valence-corrected chi connectivity index (χ4v) is 2.53. The fraction of sp³-hybridized carbons (Fsp3) is 0.211. The molecule has 0 unspecified atom stereocenters. The van der Waals surface area contributed by atoms with E-state index in [4.69, 9.17) is 4.42 Å². The number of anilines is 1. The molecule has 112 valence electrons. The molecule has 22 heavy (non-hydrogen) atoms. The summed E-state index contributed by atoms with van der Waals surface area (Å²) in [5.41, 5.74) is 3.56. The zero-order chi connectivity index (χ0) is 15.4. The Morgan fingerprint density at radius 3 is 2.36 bits per heavy atom. The molecule has 3 aromatic rings. The molecule has 0 aliphatic carbocycles. The van der Waals surface area contributed by atoms with Gasteiger partial charge in [-0.05, 0) is 44.2 Å². The fourth-order valence-electron chi connectivity index (χ4n) is 2.53. The van der Waals surface area contributed by atoms with Gasteiger partial charge in [0.15, 0.2) is 0 Å². The molecule has 1 heterocycles. The van der Waals surface area contributed by atoms with E-state index in [0.717, 1.165) is 29.7 Å². The summed E-state index contributed by atoms with van der Waals surface area (Å²) < 4.78 is 5.95. The van der Waals surface area contributed by atoms with E-state index in [2.05, 4.69) is 41.9 Å². The van der Waals surface area contributed by atoms with Crippen molar-refractivity contribution in [2.45, 2.75) is 13.8 Å². The van der Waals surface area contributed by atoms with Crippen LogP contribution >= 0.6 is 0 Å². The van der Waals surface area contributed by atoms with Crippen molar-refractivity contribution in [2.24, 2.45) is 4.99 Å². The molecule has 0 saturated carbocycles. The summed E-state index contributed by atoms with van der Waals surface area (Å²) in [6, 6.07) is 20.1. The lowest BCUT2D eigenvalue weighted by molar-refractivity contribution is 0.545. The van der Waals surface area contributed by atoms with Crippen molar-refractivity contribution in [2.75, 3.05) is 18.0 Å². The highest BCUT2D eigenvalue weighted by atomic mass is 16.3. The topological polar surface area (TPSA) is 28.7 Å². The summed E-state index contributed by atoms with van der Waals surface area (Å²) in [6.07, 6.45) is 0. The maximum absolute atomic E-state index is 5.95. The predicted octanol–water partition coefficient (Wildman–Crippen LogP) is 4.51. The van der Waals surface area contributed by atoms with Gasteiger partial charge in [0.05, 0.1) is 5.69 Å². The van der Waals surface area contributed by atoms with Crippen LogP contribution in [0.25, 0.3) is 11.0 Å². The van der Waals surface area contributed by atoms with Crippen LogP contribution in [0.15, 0.2) is 70.1 Å². The zero-order valence-electron chi connectivity index (χ0n) is 13.0. The lowest BCUT2D eigenvalue weighted by atomic mass is 10.2. The van der Waals surface area contributed by atoms with Gasteiger partial charge in [-0.25, -0.2) is 4.99 Å². The van der Waals surface area contributed by atoms with Gasteiger partial charge in [0, 0.05) is 36.3 Å².